The van der Waals surface area contributed by atoms with Crippen molar-refractivity contribution in [1.29, 1.82) is 0 Å². The van der Waals surface area contributed by atoms with Crippen molar-refractivity contribution in [3.05, 3.63) is 65.7 Å². The number of benzene rings is 2. The van der Waals surface area contributed by atoms with Crippen molar-refractivity contribution in [1.82, 2.24) is 26.6 Å². The summed E-state index contributed by atoms with van der Waals surface area (Å²) in [7, 11) is 0. The fraction of sp³-hybridized carbons (Fsp3) is 0.457. The lowest BCUT2D eigenvalue weighted by Crippen LogP contribution is -2.57. The number of nitrogens with zero attached hydrogens (tertiary/aromatic N) is 1. The molecule has 0 radical (unpaired) electrons. The highest BCUT2D eigenvalue weighted by Crippen LogP contribution is 2.12. The third kappa shape index (κ3) is 15.9. The Morgan fingerprint density at radius 3 is 1.92 bits per heavy atom. The first-order valence-corrected chi connectivity index (χ1v) is 16.9. The second kappa shape index (κ2) is 21.5. The van der Waals surface area contributed by atoms with Crippen LogP contribution >= 0.6 is 0 Å². The Balaban J connectivity index is 2.06. The number of phenolic OH excluding ortho intramolecular Hbond substituents is 1. The topological polar surface area (TPSA) is 293 Å². The SMILES string of the molecule is CC(C)C[C@H](NC(=O)[C@@H](Cc1ccccc1)NC(=O)CNC(=O)[C@H](C)NC(=O)[C@H](N)Cc1ccc(O)cc1)C(=O)N[C@H](CCCN=C(N)N)C(=O)O. The van der Waals surface area contributed by atoms with E-state index in [1.165, 1.54) is 19.1 Å². The predicted octanol–water partition coefficient (Wildman–Crippen LogP) is -1.24. The van der Waals surface area contributed by atoms with E-state index in [0.717, 1.165) is 0 Å². The van der Waals surface area contributed by atoms with Gasteiger partial charge in [0.2, 0.25) is 29.5 Å². The number of aromatic hydroxyl groups is 1. The van der Waals surface area contributed by atoms with Gasteiger partial charge < -0.3 is 54.0 Å². The number of nitrogens with one attached hydrogen (secondary N) is 5. The highest BCUT2D eigenvalue weighted by atomic mass is 16.4. The van der Waals surface area contributed by atoms with E-state index in [1.807, 2.05) is 13.8 Å². The summed E-state index contributed by atoms with van der Waals surface area (Å²) < 4.78 is 0. The van der Waals surface area contributed by atoms with Crippen molar-refractivity contribution in [2.75, 3.05) is 13.1 Å². The van der Waals surface area contributed by atoms with Gasteiger partial charge in [-0.3, -0.25) is 29.0 Å². The van der Waals surface area contributed by atoms with Crippen LogP contribution in [0.15, 0.2) is 59.6 Å². The molecule has 5 amide bonds. The summed E-state index contributed by atoms with van der Waals surface area (Å²) in [5.74, 6) is -4.83. The van der Waals surface area contributed by atoms with Crippen molar-refractivity contribution in [3.63, 3.8) is 0 Å². The highest BCUT2D eigenvalue weighted by molar-refractivity contribution is 5.95. The lowest BCUT2D eigenvalue weighted by molar-refractivity contribution is -0.142. The number of hydrogen-bond acceptors (Lipinski definition) is 9. The van der Waals surface area contributed by atoms with E-state index in [0.29, 0.717) is 11.1 Å². The molecule has 0 fully saturated rings. The van der Waals surface area contributed by atoms with E-state index in [-0.39, 0.29) is 56.3 Å². The number of rotatable bonds is 21. The van der Waals surface area contributed by atoms with Crippen LogP contribution in [0, 0.1) is 5.92 Å². The van der Waals surface area contributed by atoms with Gasteiger partial charge in [-0.05, 0) is 61.8 Å². The molecule has 0 aliphatic carbocycles. The van der Waals surface area contributed by atoms with Crippen molar-refractivity contribution in [3.8, 4) is 5.75 Å². The maximum Gasteiger partial charge on any atom is 0.326 e. The Bertz CT molecular complexity index is 1530. The molecule has 0 bridgehead atoms. The Morgan fingerprint density at radius 1 is 0.731 bits per heavy atom. The average Bonchev–Trinajstić information content (AvgIpc) is 3.08. The molecule has 52 heavy (non-hydrogen) atoms. The van der Waals surface area contributed by atoms with Gasteiger partial charge in [-0.25, -0.2) is 4.79 Å². The number of hydrogen-bond donors (Lipinski definition) is 10. The van der Waals surface area contributed by atoms with Crippen LogP contribution in [0.3, 0.4) is 0 Å². The molecule has 0 spiro atoms. The molecule has 0 unspecified atom stereocenters. The maximum absolute atomic E-state index is 13.6. The zero-order valence-electron chi connectivity index (χ0n) is 29.6. The van der Waals surface area contributed by atoms with Gasteiger partial charge in [0, 0.05) is 13.0 Å². The minimum atomic E-state index is -1.27. The van der Waals surface area contributed by atoms with E-state index in [9.17, 15) is 39.0 Å². The maximum atomic E-state index is 13.6. The molecule has 2 aromatic rings. The molecule has 0 aromatic heterocycles. The van der Waals surface area contributed by atoms with E-state index in [1.54, 1.807) is 42.5 Å². The van der Waals surface area contributed by atoms with Gasteiger partial charge >= 0.3 is 5.97 Å². The second-order valence-corrected chi connectivity index (χ2v) is 12.8. The number of carbonyl (C=O) groups excluding carboxylic acids is 5. The molecule has 2 aromatic carbocycles. The largest absolute Gasteiger partial charge is 0.508 e. The lowest BCUT2D eigenvalue weighted by Gasteiger charge is -2.26. The summed E-state index contributed by atoms with van der Waals surface area (Å²) >= 11 is 0. The first-order chi connectivity index (χ1) is 24.5. The molecule has 5 atom stereocenters. The molecule has 0 saturated carbocycles. The van der Waals surface area contributed by atoms with Gasteiger partial charge in [-0.1, -0.05) is 56.3 Å². The Kier molecular flexibility index (Phi) is 17.5. The van der Waals surface area contributed by atoms with Crippen molar-refractivity contribution >= 4 is 41.5 Å². The predicted molar refractivity (Wildman–Crippen MR) is 193 cm³/mol. The smallest absolute Gasteiger partial charge is 0.326 e. The molecule has 0 saturated heterocycles. The summed E-state index contributed by atoms with van der Waals surface area (Å²) in [6, 6.07) is 9.37. The van der Waals surface area contributed by atoms with Crippen LogP contribution in [-0.2, 0) is 41.6 Å². The molecule has 284 valence electrons. The summed E-state index contributed by atoms with van der Waals surface area (Å²) in [5.41, 5.74) is 18.0. The van der Waals surface area contributed by atoms with Crippen molar-refractivity contribution < 1.29 is 39.0 Å². The van der Waals surface area contributed by atoms with Gasteiger partial charge in [-0.15, -0.1) is 0 Å². The van der Waals surface area contributed by atoms with Gasteiger partial charge in [0.1, 0.15) is 29.9 Å². The molecular weight excluding hydrogens is 674 g/mol. The quantitative estimate of drug-likeness (QED) is 0.0413. The van der Waals surface area contributed by atoms with Gasteiger partial charge in [0.25, 0.3) is 0 Å². The van der Waals surface area contributed by atoms with Gasteiger partial charge in [0.05, 0.1) is 12.6 Å². The molecule has 17 heteroatoms. The number of guanidine groups is 1. The normalized spacial score (nSPS) is 13.7. The Hall–Kier alpha value is -5.71. The molecule has 17 nitrogen and oxygen atoms in total. The van der Waals surface area contributed by atoms with Crippen molar-refractivity contribution in [2.24, 2.45) is 28.1 Å². The zero-order valence-corrected chi connectivity index (χ0v) is 29.6. The number of aliphatic carboxylic acids is 1. The number of nitrogens with two attached hydrogens (primary N) is 3. The van der Waals surface area contributed by atoms with E-state index >= 15 is 0 Å². The molecule has 2 rings (SSSR count). The highest BCUT2D eigenvalue weighted by Gasteiger charge is 2.30. The Labute approximate surface area is 302 Å². The summed E-state index contributed by atoms with van der Waals surface area (Å²) in [6.45, 7) is 4.71. The van der Waals surface area contributed by atoms with Gasteiger partial charge in [-0.2, -0.15) is 0 Å². The number of aliphatic imine (C=N–C) groups is 1. The van der Waals surface area contributed by atoms with Crippen LogP contribution in [0.4, 0.5) is 0 Å². The summed E-state index contributed by atoms with van der Waals surface area (Å²) in [5, 5.41) is 31.8. The minimum Gasteiger partial charge on any atom is -0.508 e. The summed E-state index contributed by atoms with van der Waals surface area (Å²) in [6.07, 6.45) is 0.679. The standard InChI is InChI=1S/C35H51N9O8/c1-20(2)16-27(32(49)43-26(34(51)52)10-7-15-39-35(37)38)44-33(50)28(18-22-8-5-4-6-9-22)42-29(46)19-40-30(47)21(3)41-31(48)25(36)17-23-11-13-24(45)14-12-23/h4-6,8-9,11-14,20-21,25-28,45H,7,10,15-19,36H2,1-3H3,(H,40,47)(H,41,48)(H,42,46)(H,43,49)(H,44,50)(H,51,52)(H4,37,38,39)/t21-,25+,26+,27-,28+/m0/s1. The Morgan fingerprint density at radius 2 is 1.33 bits per heavy atom. The van der Waals surface area contributed by atoms with Gasteiger partial charge in [0.15, 0.2) is 5.96 Å². The van der Waals surface area contributed by atoms with E-state index < -0.39 is 72.3 Å². The van der Waals surface area contributed by atoms with Crippen LogP contribution in [0.2, 0.25) is 0 Å². The monoisotopic (exact) mass is 725 g/mol. The molecular formula is C35H51N9O8. The molecule has 13 N–H and O–H groups in total. The van der Waals surface area contributed by atoms with E-state index in [2.05, 4.69) is 31.6 Å². The number of carboxylic acids is 1. The molecule has 0 aliphatic rings. The lowest BCUT2D eigenvalue weighted by atomic mass is 10.0. The van der Waals surface area contributed by atoms with Crippen LogP contribution in [-0.4, -0.2) is 95.0 Å². The first-order valence-electron chi connectivity index (χ1n) is 16.9. The number of carboxylic acid groups (broad SMARTS) is 1. The van der Waals surface area contributed by atoms with Crippen LogP contribution in [0.1, 0.15) is 51.2 Å². The summed E-state index contributed by atoms with van der Waals surface area (Å²) in [4.78, 5) is 80.9. The third-order valence-electron chi connectivity index (χ3n) is 7.74. The average molecular weight is 726 g/mol. The molecule has 0 aliphatic heterocycles. The van der Waals surface area contributed by atoms with Crippen molar-refractivity contribution in [2.45, 2.75) is 83.1 Å². The number of amides is 5. The fourth-order valence-electron chi connectivity index (χ4n) is 5.00. The zero-order chi connectivity index (χ0) is 38.8. The van der Waals surface area contributed by atoms with Crippen LogP contribution in [0.5, 0.6) is 5.75 Å². The fourth-order valence-corrected chi connectivity index (χ4v) is 5.00. The number of carbonyl (C=O) groups is 6. The minimum absolute atomic E-state index is 0.0352. The van der Waals surface area contributed by atoms with E-state index in [4.69, 9.17) is 17.2 Å². The van der Waals surface area contributed by atoms with Crippen LogP contribution in [0.25, 0.3) is 0 Å². The van der Waals surface area contributed by atoms with Crippen LogP contribution < -0.4 is 43.8 Å². The first kappa shape index (κ1) is 42.5. The molecule has 0 heterocycles. The third-order valence-corrected chi connectivity index (χ3v) is 7.74. The number of phenols is 1. The second-order valence-electron chi connectivity index (χ2n) is 12.8.